The van der Waals surface area contributed by atoms with Gasteiger partial charge in [-0.2, -0.15) is 0 Å². The van der Waals surface area contributed by atoms with Crippen molar-refractivity contribution in [1.29, 1.82) is 0 Å². The lowest BCUT2D eigenvalue weighted by Gasteiger charge is -2.30. The van der Waals surface area contributed by atoms with Crippen LogP contribution in [0.3, 0.4) is 0 Å². The highest BCUT2D eigenvalue weighted by Crippen LogP contribution is 2.18. The largest absolute Gasteiger partial charge is 0.331 e. The maximum absolute atomic E-state index is 5.47. The molecular formula is C15H22IN3S. The molecule has 0 aliphatic rings. The number of halogens is 1. The van der Waals surface area contributed by atoms with Gasteiger partial charge >= 0.3 is 0 Å². The zero-order valence-electron chi connectivity index (χ0n) is 12.5. The molecule has 1 heterocycles. The number of fused-ring (bicyclic) bond motifs is 1. The molecule has 20 heavy (non-hydrogen) atoms. The van der Waals surface area contributed by atoms with E-state index >= 15 is 0 Å². The van der Waals surface area contributed by atoms with Crippen LogP contribution in [0.4, 0.5) is 0 Å². The fourth-order valence-corrected chi connectivity index (χ4v) is 3.48. The van der Waals surface area contributed by atoms with Gasteiger partial charge in [-0.3, -0.25) is 4.90 Å². The highest BCUT2D eigenvalue weighted by atomic mass is 127. The molecule has 0 fully saturated rings. The SMILES string of the molecule is CC(C)N(CCn1c(=S)[nH]c2cc(I)ccc21)C(C)C. The summed E-state index contributed by atoms with van der Waals surface area (Å²) in [5.74, 6) is 0. The van der Waals surface area contributed by atoms with Crippen molar-refractivity contribution in [1.82, 2.24) is 14.5 Å². The van der Waals surface area contributed by atoms with E-state index in [0.717, 1.165) is 23.4 Å². The van der Waals surface area contributed by atoms with Gasteiger partial charge in [0.1, 0.15) is 0 Å². The first-order valence-corrected chi connectivity index (χ1v) is 8.52. The third kappa shape index (κ3) is 3.43. The van der Waals surface area contributed by atoms with Gasteiger partial charge < -0.3 is 9.55 Å². The monoisotopic (exact) mass is 403 g/mol. The first kappa shape index (κ1) is 16.0. The number of benzene rings is 1. The summed E-state index contributed by atoms with van der Waals surface area (Å²) >= 11 is 7.79. The van der Waals surface area contributed by atoms with Crippen LogP contribution in [0.1, 0.15) is 27.7 Å². The molecule has 1 N–H and O–H groups in total. The molecule has 0 aliphatic carbocycles. The molecule has 3 nitrogen and oxygen atoms in total. The van der Waals surface area contributed by atoms with Gasteiger partial charge in [0.05, 0.1) is 11.0 Å². The molecule has 0 amide bonds. The summed E-state index contributed by atoms with van der Waals surface area (Å²) in [5.41, 5.74) is 2.32. The van der Waals surface area contributed by atoms with Crippen LogP contribution in [0, 0.1) is 8.34 Å². The van der Waals surface area contributed by atoms with Crippen molar-refractivity contribution in [2.45, 2.75) is 46.3 Å². The van der Waals surface area contributed by atoms with E-state index in [2.05, 4.69) is 82.9 Å². The minimum Gasteiger partial charge on any atom is -0.331 e. The summed E-state index contributed by atoms with van der Waals surface area (Å²) in [4.78, 5) is 5.80. The fraction of sp³-hybridized carbons (Fsp3) is 0.533. The zero-order chi connectivity index (χ0) is 14.9. The predicted octanol–water partition coefficient (Wildman–Crippen LogP) is 4.42. The number of aromatic amines is 1. The van der Waals surface area contributed by atoms with Crippen molar-refractivity contribution in [2.75, 3.05) is 6.54 Å². The normalized spacial score (nSPS) is 12.2. The quantitative estimate of drug-likeness (QED) is 0.590. The molecule has 0 spiro atoms. The Morgan fingerprint density at radius 1 is 1.25 bits per heavy atom. The van der Waals surface area contributed by atoms with Crippen molar-refractivity contribution in [2.24, 2.45) is 0 Å². The van der Waals surface area contributed by atoms with Gasteiger partial charge in [0.25, 0.3) is 0 Å². The summed E-state index contributed by atoms with van der Waals surface area (Å²) in [6.07, 6.45) is 0. The van der Waals surface area contributed by atoms with Crippen LogP contribution in [0.2, 0.25) is 0 Å². The third-order valence-electron chi connectivity index (χ3n) is 3.64. The number of hydrogen-bond acceptors (Lipinski definition) is 2. The van der Waals surface area contributed by atoms with Crippen molar-refractivity contribution in [3.63, 3.8) is 0 Å². The Labute approximate surface area is 139 Å². The van der Waals surface area contributed by atoms with E-state index in [-0.39, 0.29) is 0 Å². The summed E-state index contributed by atoms with van der Waals surface area (Å²) in [5, 5.41) is 0. The van der Waals surface area contributed by atoms with Crippen molar-refractivity contribution < 1.29 is 0 Å². The molecule has 1 aromatic carbocycles. The number of H-pyrrole nitrogens is 1. The average molecular weight is 403 g/mol. The lowest BCUT2D eigenvalue weighted by molar-refractivity contribution is 0.168. The van der Waals surface area contributed by atoms with E-state index in [9.17, 15) is 0 Å². The highest BCUT2D eigenvalue weighted by molar-refractivity contribution is 14.1. The Morgan fingerprint density at radius 3 is 2.50 bits per heavy atom. The lowest BCUT2D eigenvalue weighted by atomic mass is 10.2. The minimum atomic E-state index is 0.551. The Kier molecular flexibility index (Phi) is 5.25. The number of imidazole rings is 1. The highest BCUT2D eigenvalue weighted by Gasteiger charge is 2.14. The van der Waals surface area contributed by atoms with Crippen LogP contribution in [-0.4, -0.2) is 33.1 Å². The van der Waals surface area contributed by atoms with Crippen molar-refractivity contribution in [3.8, 4) is 0 Å². The second-order valence-electron chi connectivity index (χ2n) is 5.67. The molecule has 2 rings (SSSR count). The number of hydrogen-bond donors (Lipinski definition) is 1. The third-order valence-corrected chi connectivity index (χ3v) is 4.64. The molecule has 0 unspecified atom stereocenters. The van der Waals surface area contributed by atoms with Crippen LogP contribution in [0.5, 0.6) is 0 Å². The van der Waals surface area contributed by atoms with Crippen LogP contribution >= 0.6 is 34.8 Å². The van der Waals surface area contributed by atoms with Gasteiger partial charge in [0, 0.05) is 28.7 Å². The van der Waals surface area contributed by atoms with E-state index in [1.807, 2.05) is 0 Å². The number of aromatic nitrogens is 2. The van der Waals surface area contributed by atoms with E-state index < -0.39 is 0 Å². The predicted molar refractivity (Wildman–Crippen MR) is 96.8 cm³/mol. The number of nitrogens with one attached hydrogen (secondary N) is 1. The Hall–Kier alpha value is -0.400. The van der Waals surface area contributed by atoms with Gasteiger partial charge in [0.15, 0.2) is 4.77 Å². The average Bonchev–Trinajstić information content (AvgIpc) is 2.64. The van der Waals surface area contributed by atoms with Crippen LogP contribution in [-0.2, 0) is 6.54 Å². The number of rotatable bonds is 5. The molecule has 1 aromatic heterocycles. The van der Waals surface area contributed by atoms with Gasteiger partial charge in [-0.05, 0) is 80.7 Å². The van der Waals surface area contributed by atoms with Crippen LogP contribution in [0.25, 0.3) is 11.0 Å². The van der Waals surface area contributed by atoms with Gasteiger partial charge in [-0.1, -0.05) is 0 Å². The first-order valence-electron chi connectivity index (χ1n) is 7.04. The topological polar surface area (TPSA) is 24.0 Å². The smallest absolute Gasteiger partial charge is 0.178 e. The van der Waals surface area contributed by atoms with E-state index in [0.29, 0.717) is 12.1 Å². The summed E-state index contributed by atoms with van der Waals surface area (Å²) < 4.78 is 4.25. The molecular weight excluding hydrogens is 381 g/mol. The Morgan fingerprint density at radius 2 is 1.90 bits per heavy atom. The maximum Gasteiger partial charge on any atom is 0.178 e. The lowest BCUT2D eigenvalue weighted by Crippen LogP contribution is -2.39. The molecule has 110 valence electrons. The fourth-order valence-electron chi connectivity index (χ4n) is 2.69. The minimum absolute atomic E-state index is 0.551. The molecule has 0 radical (unpaired) electrons. The summed E-state index contributed by atoms with van der Waals surface area (Å²) in [7, 11) is 0. The number of nitrogens with zero attached hydrogens (tertiary/aromatic N) is 2. The standard InChI is InChI=1S/C15H22IN3S/c1-10(2)18(11(3)4)7-8-19-14-6-5-12(16)9-13(14)17-15(19)20/h5-6,9-11H,7-8H2,1-4H3,(H,17,20). The second kappa shape index (κ2) is 6.58. The first-order chi connectivity index (χ1) is 9.40. The molecule has 0 saturated heterocycles. The summed E-state index contributed by atoms with van der Waals surface area (Å²) in [6.45, 7) is 10.9. The molecule has 0 bridgehead atoms. The van der Waals surface area contributed by atoms with E-state index in [4.69, 9.17) is 12.2 Å². The maximum atomic E-state index is 5.47. The molecule has 0 atom stereocenters. The molecule has 2 aromatic rings. The Bertz CT molecular complexity index is 634. The van der Waals surface area contributed by atoms with Gasteiger partial charge in [-0.25, -0.2) is 0 Å². The van der Waals surface area contributed by atoms with Crippen molar-refractivity contribution in [3.05, 3.63) is 26.5 Å². The van der Waals surface area contributed by atoms with Crippen LogP contribution < -0.4 is 0 Å². The van der Waals surface area contributed by atoms with Gasteiger partial charge in [0.2, 0.25) is 0 Å². The molecule has 5 heteroatoms. The second-order valence-corrected chi connectivity index (χ2v) is 7.30. The molecule has 0 saturated carbocycles. The van der Waals surface area contributed by atoms with Gasteiger partial charge in [-0.15, -0.1) is 0 Å². The molecule has 0 aliphatic heterocycles. The summed E-state index contributed by atoms with van der Waals surface area (Å²) in [6, 6.07) is 7.53. The van der Waals surface area contributed by atoms with Crippen LogP contribution in [0.15, 0.2) is 18.2 Å². The van der Waals surface area contributed by atoms with E-state index in [1.165, 1.54) is 9.09 Å². The zero-order valence-corrected chi connectivity index (χ0v) is 15.5. The van der Waals surface area contributed by atoms with E-state index in [1.54, 1.807) is 0 Å². The van der Waals surface area contributed by atoms with Crippen molar-refractivity contribution >= 4 is 45.8 Å². The Balaban J connectivity index is 2.26.